The molecule has 0 aliphatic heterocycles. The van der Waals surface area contributed by atoms with Crippen LogP contribution in [-0.2, 0) is 41.7 Å². The van der Waals surface area contributed by atoms with Crippen LogP contribution in [0.4, 0.5) is 0 Å². The van der Waals surface area contributed by atoms with Crippen molar-refractivity contribution in [2.24, 2.45) is 11.8 Å². The first kappa shape index (κ1) is 34.0. The van der Waals surface area contributed by atoms with E-state index in [2.05, 4.69) is 23.8 Å². The zero-order valence-corrected chi connectivity index (χ0v) is 24.2. The highest BCUT2D eigenvalue weighted by atomic mass is 16.6. The number of hydrogen-bond acceptors (Lipinski definition) is 7. The maximum atomic E-state index is 13.2. The monoisotopic (exact) mass is 578 g/mol. The van der Waals surface area contributed by atoms with Crippen molar-refractivity contribution in [3.8, 4) is 0 Å². The fourth-order valence-corrected chi connectivity index (χ4v) is 4.18. The van der Waals surface area contributed by atoms with E-state index in [-0.39, 0.29) is 26.1 Å². The second-order valence-corrected chi connectivity index (χ2v) is 10.1. The molecule has 0 bridgehead atoms. The quantitative estimate of drug-likeness (QED) is 0.171. The van der Waals surface area contributed by atoms with Gasteiger partial charge in [0.2, 0.25) is 11.8 Å². The largest absolute Gasteiger partial charge is 0.463 e. The summed E-state index contributed by atoms with van der Waals surface area (Å²) in [7, 11) is 0. The number of esters is 2. The molecule has 226 valence electrons. The van der Waals surface area contributed by atoms with Gasteiger partial charge in [0, 0.05) is 12.5 Å². The van der Waals surface area contributed by atoms with Crippen LogP contribution in [-0.4, -0.2) is 54.2 Å². The van der Waals surface area contributed by atoms with Crippen LogP contribution < -0.4 is 10.6 Å². The number of rotatable bonds is 19. The standard InChI is InChI=1S/C33H42N2O7/c1-4-6-18-28(19-25-14-9-7-10-15-25)32(39)42-23-29(33(40)41-22-26-16-11-8-12-17-26)35-31(38)27(13-5-2)20-30(37)34-24(3)21-36/h4-5,7-12,14-17,24,27-29,36H,1-2,6,13,18-23H2,3H3,(H,34,37)(H,35,38). The van der Waals surface area contributed by atoms with Crippen LogP contribution in [0.5, 0.6) is 0 Å². The zero-order valence-electron chi connectivity index (χ0n) is 24.2. The summed E-state index contributed by atoms with van der Waals surface area (Å²) < 4.78 is 11.0. The number of ether oxygens (including phenoxy) is 2. The second kappa shape index (κ2) is 19.0. The average molecular weight is 579 g/mol. The molecule has 0 radical (unpaired) electrons. The Labute approximate surface area is 248 Å². The molecule has 0 aromatic heterocycles. The second-order valence-electron chi connectivity index (χ2n) is 10.1. The Morgan fingerprint density at radius 2 is 1.50 bits per heavy atom. The third-order valence-corrected chi connectivity index (χ3v) is 6.53. The summed E-state index contributed by atoms with van der Waals surface area (Å²) in [5, 5.41) is 14.4. The summed E-state index contributed by atoms with van der Waals surface area (Å²) >= 11 is 0. The molecular weight excluding hydrogens is 536 g/mol. The number of aliphatic hydroxyl groups is 1. The molecule has 9 heteroatoms. The molecule has 4 atom stereocenters. The van der Waals surface area contributed by atoms with Gasteiger partial charge >= 0.3 is 11.9 Å². The Bertz CT molecular complexity index is 1150. The van der Waals surface area contributed by atoms with Gasteiger partial charge in [-0.3, -0.25) is 14.4 Å². The van der Waals surface area contributed by atoms with Crippen LogP contribution in [0.15, 0.2) is 86.0 Å². The lowest BCUT2D eigenvalue weighted by Gasteiger charge is -2.23. The van der Waals surface area contributed by atoms with Crippen molar-refractivity contribution >= 4 is 23.8 Å². The lowest BCUT2D eigenvalue weighted by molar-refractivity contribution is -0.157. The van der Waals surface area contributed by atoms with Crippen molar-refractivity contribution < 1.29 is 33.8 Å². The molecule has 9 nitrogen and oxygen atoms in total. The summed E-state index contributed by atoms with van der Waals surface area (Å²) in [6.45, 7) is 8.31. The minimum absolute atomic E-state index is 0.0342. The van der Waals surface area contributed by atoms with Gasteiger partial charge in [-0.05, 0) is 43.7 Å². The Balaban J connectivity index is 2.15. The van der Waals surface area contributed by atoms with Gasteiger partial charge in [0.15, 0.2) is 6.04 Å². The molecule has 42 heavy (non-hydrogen) atoms. The van der Waals surface area contributed by atoms with Gasteiger partial charge in [0.05, 0.1) is 18.4 Å². The highest BCUT2D eigenvalue weighted by Gasteiger charge is 2.30. The molecule has 0 aliphatic carbocycles. The van der Waals surface area contributed by atoms with E-state index in [0.717, 1.165) is 11.1 Å². The molecule has 2 aromatic rings. The lowest BCUT2D eigenvalue weighted by atomic mass is 9.95. The third-order valence-electron chi connectivity index (χ3n) is 6.53. The summed E-state index contributed by atoms with van der Waals surface area (Å²) in [5.74, 6) is -3.62. The molecule has 2 amide bonds. The SMILES string of the molecule is C=CCCC(Cc1ccccc1)C(=O)OCC(NC(=O)C(CC=C)CC(=O)NC(C)CO)C(=O)OCc1ccccc1. The maximum absolute atomic E-state index is 13.2. The molecule has 4 unspecified atom stereocenters. The van der Waals surface area contributed by atoms with E-state index in [1.807, 2.05) is 48.5 Å². The molecule has 2 aromatic carbocycles. The lowest BCUT2D eigenvalue weighted by Crippen LogP contribution is -2.48. The third kappa shape index (κ3) is 12.5. The highest BCUT2D eigenvalue weighted by molar-refractivity contribution is 5.89. The molecule has 0 heterocycles. The number of benzene rings is 2. The van der Waals surface area contributed by atoms with Gasteiger partial charge in [-0.15, -0.1) is 13.2 Å². The smallest absolute Gasteiger partial charge is 0.332 e. The number of aliphatic hydroxyl groups excluding tert-OH is 1. The Morgan fingerprint density at radius 1 is 0.857 bits per heavy atom. The first-order valence-corrected chi connectivity index (χ1v) is 14.1. The van der Waals surface area contributed by atoms with E-state index in [1.54, 1.807) is 25.1 Å². The first-order valence-electron chi connectivity index (χ1n) is 14.1. The van der Waals surface area contributed by atoms with E-state index in [1.165, 1.54) is 6.08 Å². The molecule has 0 saturated heterocycles. The summed E-state index contributed by atoms with van der Waals surface area (Å²) in [5.41, 5.74) is 1.72. The Kier molecular flexibility index (Phi) is 15.4. The summed E-state index contributed by atoms with van der Waals surface area (Å²) in [6.07, 6.45) is 4.77. The number of allylic oxidation sites excluding steroid dienone is 2. The molecule has 0 spiro atoms. The van der Waals surface area contributed by atoms with Gasteiger partial charge in [0.25, 0.3) is 0 Å². The van der Waals surface area contributed by atoms with Crippen LogP contribution in [0, 0.1) is 11.8 Å². The fraction of sp³-hybridized carbons (Fsp3) is 0.394. The summed E-state index contributed by atoms with van der Waals surface area (Å²) in [6, 6.07) is 16.8. The van der Waals surface area contributed by atoms with Crippen LogP contribution in [0.3, 0.4) is 0 Å². The van der Waals surface area contributed by atoms with Crippen molar-refractivity contribution in [3.05, 3.63) is 97.1 Å². The highest BCUT2D eigenvalue weighted by Crippen LogP contribution is 2.17. The molecular formula is C33H42N2O7. The number of amides is 2. The van der Waals surface area contributed by atoms with Crippen molar-refractivity contribution in [2.75, 3.05) is 13.2 Å². The van der Waals surface area contributed by atoms with Crippen molar-refractivity contribution in [2.45, 2.75) is 57.7 Å². The van der Waals surface area contributed by atoms with Crippen LogP contribution in [0.2, 0.25) is 0 Å². The average Bonchev–Trinajstić information content (AvgIpc) is 3.00. The van der Waals surface area contributed by atoms with Gasteiger partial charge in [-0.2, -0.15) is 0 Å². The molecule has 2 rings (SSSR count). The number of nitrogens with one attached hydrogen (secondary N) is 2. The summed E-state index contributed by atoms with van der Waals surface area (Å²) in [4.78, 5) is 51.9. The van der Waals surface area contributed by atoms with Gasteiger partial charge in [-0.1, -0.05) is 72.8 Å². The molecule has 0 aliphatic rings. The Hall–Kier alpha value is -4.24. The Morgan fingerprint density at radius 3 is 2.10 bits per heavy atom. The van der Waals surface area contributed by atoms with E-state index < -0.39 is 54.3 Å². The first-order chi connectivity index (χ1) is 20.3. The number of carbonyl (C=O) groups is 4. The van der Waals surface area contributed by atoms with Crippen LogP contribution in [0.1, 0.15) is 43.7 Å². The fourth-order valence-electron chi connectivity index (χ4n) is 4.18. The van der Waals surface area contributed by atoms with E-state index in [0.29, 0.717) is 19.3 Å². The van der Waals surface area contributed by atoms with E-state index >= 15 is 0 Å². The minimum atomic E-state index is -1.30. The minimum Gasteiger partial charge on any atom is -0.463 e. The normalized spacial score (nSPS) is 13.5. The van der Waals surface area contributed by atoms with Gasteiger partial charge < -0.3 is 25.2 Å². The van der Waals surface area contributed by atoms with Crippen molar-refractivity contribution in [1.82, 2.24) is 10.6 Å². The van der Waals surface area contributed by atoms with Crippen molar-refractivity contribution in [1.29, 1.82) is 0 Å². The predicted octanol–water partition coefficient (Wildman–Crippen LogP) is 3.66. The maximum Gasteiger partial charge on any atom is 0.332 e. The topological polar surface area (TPSA) is 131 Å². The van der Waals surface area contributed by atoms with E-state index in [9.17, 15) is 24.3 Å². The van der Waals surface area contributed by atoms with Gasteiger partial charge in [-0.25, -0.2) is 4.79 Å². The van der Waals surface area contributed by atoms with Crippen LogP contribution in [0.25, 0.3) is 0 Å². The van der Waals surface area contributed by atoms with E-state index in [4.69, 9.17) is 9.47 Å². The zero-order chi connectivity index (χ0) is 30.7. The molecule has 0 fully saturated rings. The molecule has 3 N–H and O–H groups in total. The van der Waals surface area contributed by atoms with Crippen molar-refractivity contribution in [3.63, 3.8) is 0 Å². The number of hydrogen-bond donors (Lipinski definition) is 3. The van der Waals surface area contributed by atoms with Gasteiger partial charge in [0.1, 0.15) is 13.2 Å². The van der Waals surface area contributed by atoms with Crippen LogP contribution >= 0.6 is 0 Å². The predicted molar refractivity (Wildman–Crippen MR) is 160 cm³/mol. The molecule has 0 saturated carbocycles. The number of carbonyl (C=O) groups excluding carboxylic acids is 4.